The molecule has 1 N–H and O–H groups in total. The van der Waals surface area contributed by atoms with Crippen molar-refractivity contribution in [3.63, 3.8) is 0 Å². The van der Waals surface area contributed by atoms with Gasteiger partial charge in [0.15, 0.2) is 6.29 Å². The maximum Gasteiger partial charge on any atom is 0.355 e. The molecule has 0 amide bonds. The highest BCUT2D eigenvalue weighted by molar-refractivity contribution is 6.30. The van der Waals surface area contributed by atoms with E-state index in [0.29, 0.717) is 28.5 Å². The summed E-state index contributed by atoms with van der Waals surface area (Å²) in [5.74, 6) is -0.188. The lowest BCUT2D eigenvalue weighted by atomic mass is 10.2. The topological polar surface area (TPSA) is 85.2 Å². The molecular formula is C16H11ClN2O4. The zero-order chi connectivity index (χ0) is 16.2. The molecule has 0 unspecified atom stereocenters. The first-order valence-corrected chi connectivity index (χ1v) is 7.04. The first-order chi connectivity index (χ1) is 11.2. The van der Waals surface area contributed by atoms with Crippen molar-refractivity contribution in [2.75, 3.05) is 0 Å². The molecule has 0 aliphatic heterocycles. The van der Waals surface area contributed by atoms with E-state index in [0.717, 1.165) is 5.56 Å². The van der Waals surface area contributed by atoms with Crippen LogP contribution >= 0.6 is 11.6 Å². The first kappa shape index (κ1) is 15.1. The van der Waals surface area contributed by atoms with Crippen LogP contribution in [0.25, 0.3) is 11.5 Å². The van der Waals surface area contributed by atoms with Gasteiger partial charge in [0.1, 0.15) is 24.3 Å². The molecule has 2 aromatic heterocycles. The van der Waals surface area contributed by atoms with Crippen LogP contribution in [0.2, 0.25) is 5.02 Å². The van der Waals surface area contributed by atoms with Gasteiger partial charge in [-0.1, -0.05) is 17.7 Å². The molecule has 7 heteroatoms. The monoisotopic (exact) mass is 330 g/mol. The summed E-state index contributed by atoms with van der Waals surface area (Å²) in [6.07, 6.45) is 3.48. The number of hydrogen-bond acceptors (Lipinski definition) is 5. The third kappa shape index (κ3) is 3.49. The smallest absolute Gasteiger partial charge is 0.355 e. The molecule has 0 saturated heterocycles. The number of nitrogens with zero attached hydrogens (tertiary/aromatic N) is 1. The van der Waals surface area contributed by atoms with Crippen LogP contribution in [0.3, 0.4) is 0 Å². The molecule has 0 aliphatic rings. The SMILES string of the molecule is O=Cc1c[nH]c(C(=O)OCc2coc(-c3cccc(Cl)c3)n2)c1. The van der Waals surface area contributed by atoms with E-state index in [1.165, 1.54) is 18.5 Å². The predicted molar refractivity (Wildman–Crippen MR) is 82.2 cm³/mol. The van der Waals surface area contributed by atoms with Crippen molar-refractivity contribution in [3.05, 3.63) is 64.8 Å². The number of carbonyl (C=O) groups excluding carboxylic acids is 2. The Bertz CT molecular complexity index is 853. The quantitative estimate of drug-likeness (QED) is 0.571. The van der Waals surface area contributed by atoms with Crippen LogP contribution < -0.4 is 0 Å². The zero-order valence-corrected chi connectivity index (χ0v) is 12.5. The largest absolute Gasteiger partial charge is 0.454 e. The van der Waals surface area contributed by atoms with Gasteiger partial charge in [-0.05, 0) is 24.3 Å². The Hall–Kier alpha value is -2.86. The lowest BCUT2D eigenvalue weighted by molar-refractivity contribution is 0.0461. The number of halogens is 1. The number of aromatic amines is 1. The van der Waals surface area contributed by atoms with Crippen molar-refractivity contribution in [1.29, 1.82) is 0 Å². The summed E-state index contributed by atoms with van der Waals surface area (Å²) in [6.45, 7) is -0.0433. The van der Waals surface area contributed by atoms with Gasteiger partial charge >= 0.3 is 5.97 Å². The molecule has 0 fully saturated rings. The molecule has 0 radical (unpaired) electrons. The van der Waals surface area contributed by atoms with E-state index < -0.39 is 5.97 Å². The van der Waals surface area contributed by atoms with Crippen LogP contribution in [0.1, 0.15) is 26.5 Å². The first-order valence-electron chi connectivity index (χ1n) is 6.67. The molecular weight excluding hydrogens is 320 g/mol. The second kappa shape index (κ2) is 6.50. The van der Waals surface area contributed by atoms with Gasteiger partial charge in [-0.2, -0.15) is 0 Å². The van der Waals surface area contributed by atoms with Crippen molar-refractivity contribution < 1.29 is 18.7 Å². The van der Waals surface area contributed by atoms with Gasteiger partial charge in [-0.15, -0.1) is 0 Å². The Morgan fingerprint density at radius 1 is 1.39 bits per heavy atom. The Morgan fingerprint density at radius 2 is 2.26 bits per heavy atom. The van der Waals surface area contributed by atoms with E-state index in [-0.39, 0.29) is 12.3 Å². The summed E-state index contributed by atoms with van der Waals surface area (Å²) in [6, 6.07) is 8.49. The van der Waals surface area contributed by atoms with E-state index >= 15 is 0 Å². The maximum atomic E-state index is 11.8. The minimum Gasteiger partial charge on any atom is -0.454 e. The molecule has 116 valence electrons. The number of esters is 1. The molecule has 2 heterocycles. The number of ether oxygens (including phenoxy) is 1. The summed E-state index contributed by atoms with van der Waals surface area (Å²) >= 11 is 5.92. The van der Waals surface area contributed by atoms with Crippen molar-refractivity contribution in [2.45, 2.75) is 6.61 Å². The maximum absolute atomic E-state index is 11.8. The molecule has 6 nitrogen and oxygen atoms in total. The number of H-pyrrole nitrogens is 1. The van der Waals surface area contributed by atoms with Crippen LogP contribution in [-0.2, 0) is 11.3 Å². The summed E-state index contributed by atoms with van der Waals surface area (Å²) in [7, 11) is 0. The van der Waals surface area contributed by atoms with Crippen molar-refractivity contribution in [3.8, 4) is 11.5 Å². The number of aromatic nitrogens is 2. The highest BCUT2D eigenvalue weighted by atomic mass is 35.5. The van der Waals surface area contributed by atoms with Crippen molar-refractivity contribution in [2.24, 2.45) is 0 Å². The zero-order valence-electron chi connectivity index (χ0n) is 11.8. The number of hydrogen-bond donors (Lipinski definition) is 1. The fourth-order valence-corrected chi connectivity index (χ4v) is 2.13. The number of rotatable bonds is 5. The lowest BCUT2D eigenvalue weighted by Gasteiger charge is -1.99. The summed E-state index contributed by atoms with van der Waals surface area (Å²) in [5, 5.41) is 0.575. The van der Waals surface area contributed by atoms with Crippen LogP contribution in [0.5, 0.6) is 0 Å². The van der Waals surface area contributed by atoms with E-state index in [1.807, 2.05) is 6.07 Å². The molecule has 0 atom stereocenters. The van der Waals surface area contributed by atoms with Crippen LogP contribution in [0.4, 0.5) is 0 Å². The number of oxazole rings is 1. The summed E-state index contributed by atoms with van der Waals surface area (Å²) < 4.78 is 10.5. The van der Waals surface area contributed by atoms with Gasteiger partial charge in [-0.3, -0.25) is 4.79 Å². The number of benzene rings is 1. The van der Waals surface area contributed by atoms with Gasteiger partial charge in [0.05, 0.1) is 0 Å². The van der Waals surface area contributed by atoms with E-state index in [1.54, 1.807) is 18.2 Å². The Balaban J connectivity index is 1.65. The van der Waals surface area contributed by atoms with E-state index in [4.69, 9.17) is 20.8 Å². The summed E-state index contributed by atoms with van der Waals surface area (Å²) in [5.41, 5.74) is 1.78. The van der Waals surface area contributed by atoms with Gasteiger partial charge in [0.25, 0.3) is 0 Å². The van der Waals surface area contributed by atoms with Gasteiger partial charge in [-0.25, -0.2) is 9.78 Å². The van der Waals surface area contributed by atoms with Gasteiger partial charge in [0, 0.05) is 22.3 Å². The van der Waals surface area contributed by atoms with Crippen LogP contribution in [0, 0.1) is 0 Å². The third-order valence-corrected chi connectivity index (χ3v) is 3.27. The normalized spacial score (nSPS) is 10.5. The molecule has 0 bridgehead atoms. The van der Waals surface area contributed by atoms with E-state index in [2.05, 4.69) is 9.97 Å². The van der Waals surface area contributed by atoms with E-state index in [9.17, 15) is 9.59 Å². The molecule has 3 rings (SSSR count). The molecule has 23 heavy (non-hydrogen) atoms. The minimum atomic E-state index is -0.578. The standard InChI is InChI=1S/C16H11ClN2O4/c17-12-3-1-2-11(5-12)15-19-13(8-22-15)9-23-16(21)14-4-10(7-20)6-18-14/h1-8,18H,9H2. The Morgan fingerprint density at radius 3 is 3.00 bits per heavy atom. The Kier molecular flexibility index (Phi) is 4.25. The average molecular weight is 331 g/mol. The number of aldehydes is 1. The van der Waals surface area contributed by atoms with Crippen molar-refractivity contribution >= 4 is 23.9 Å². The molecule has 3 aromatic rings. The highest BCUT2D eigenvalue weighted by Crippen LogP contribution is 2.22. The Labute approximate surface area is 136 Å². The van der Waals surface area contributed by atoms with Crippen LogP contribution in [0.15, 0.2) is 47.2 Å². The molecule has 0 saturated carbocycles. The van der Waals surface area contributed by atoms with Crippen molar-refractivity contribution in [1.82, 2.24) is 9.97 Å². The molecule has 0 aliphatic carbocycles. The minimum absolute atomic E-state index is 0.0433. The van der Waals surface area contributed by atoms with Gasteiger partial charge in [0.2, 0.25) is 5.89 Å². The summed E-state index contributed by atoms with van der Waals surface area (Å²) in [4.78, 5) is 29.3. The molecule has 1 aromatic carbocycles. The fourth-order valence-electron chi connectivity index (χ4n) is 1.94. The van der Waals surface area contributed by atoms with Gasteiger partial charge < -0.3 is 14.1 Å². The lowest BCUT2D eigenvalue weighted by Crippen LogP contribution is -2.05. The molecule has 0 spiro atoms. The predicted octanol–water partition coefficient (Wildman–Crippen LogP) is 3.49. The fraction of sp³-hybridized carbons (Fsp3) is 0.0625. The highest BCUT2D eigenvalue weighted by Gasteiger charge is 2.12. The second-order valence-corrected chi connectivity index (χ2v) is 5.13. The van der Waals surface area contributed by atoms with Crippen LogP contribution in [-0.4, -0.2) is 22.2 Å². The third-order valence-electron chi connectivity index (χ3n) is 3.04. The number of carbonyl (C=O) groups is 2. The second-order valence-electron chi connectivity index (χ2n) is 4.70. The average Bonchev–Trinajstić information content (AvgIpc) is 3.22. The number of nitrogens with one attached hydrogen (secondary N) is 1.